The number of carbonyl (C=O) groups is 1. The van der Waals surface area contributed by atoms with Gasteiger partial charge in [-0.2, -0.15) is 0 Å². The number of hydrogen-bond donors (Lipinski definition) is 1. The van der Waals surface area contributed by atoms with Crippen molar-refractivity contribution in [1.82, 2.24) is 10.2 Å². The molecule has 0 aliphatic carbocycles. The summed E-state index contributed by atoms with van der Waals surface area (Å²) < 4.78 is 5.82. The van der Waals surface area contributed by atoms with Crippen LogP contribution in [0.5, 0.6) is 5.75 Å². The van der Waals surface area contributed by atoms with E-state index in [1.165, 1.54) is 19.5 Å². The molecule has 2 unspecified atom stereocenters. The van der Waals surface area contributed by atoms with Crippen LogP contribution in [0.1, 0.15) is 42.6 Å². The van der Waals surface area contributed by atoms with Crippen LogP contribution in [0.15, 0.2) is 54.6 Å². The van der Waals surface area contributed by atoms with Gasteiger partial charge in [-0.3, -0.25) is 4.79 Å². The zero-order valence-corrected chi connectivity index (χ0v) is 17.1. The second-order valence-corrected chi connectivity index (χ2v) is 8.07. The Morgan fingerprint density at radius 2 is 1.71 bits per heavy atom. The zero-order valence-electron chi connectivity index (χ0n) is 17.1. The maximum absolute atomic E-state index is 12.7. The summed E-state index contributed by atoms with van der Waals surface area (Å²) in [5, 5.41) is 3.08. The summed E-state index contributed by atoms with van der Waals surface area (Å²) in [5.74, 6) is 2.33. The molecule has 3 rings (SSSR count). The normalized spacial score (nSPS) is 19.9. The van der Waals surface area contributed by atoms with Crippen molar-refractivity contribution < 1.29 is 9.53 Å². The first-order valence-electron chi connectivity index (χ1n) is 10.4. The Morgan fingerprint density at radius 1 is 1.04 bits per heavy atom. The Kier molecular flexibility index (Phi) is 7.49. The number of nitrogens with zero attached hydrogens (tertiary/aromatic N) is 1. The maximum atomic E-state index is 12.7. The van der Waals surface area contributed by atoms with Gasteiger partial charge >= 0.3 is 0 Å². The molecular weight excluding hydrogens is 348 g/mol. The van der Waals surface area contributed by atoms with Crippen LogP contribution in [0.4, 0.5) is 0 Å². The Balaban J connectivity index is 1.46. The molecule has 2 atom stereocenters. The topological polar surface area (TPSA) is 41.6 Å². The van der Waals surface area contributed by atoms with E-state index in [-0.39, 0.29) is 5.91 Å². The standard InChI is InChI=1S/C24H32N2O2/c1-19-15-20(2)17-26(16-19)14-8-13-25-24(27)23-12-7-6-9-21(23)18-28-22-10-4-3-5-11-22/h3-7,9-12,19-20H,8,13-18H2,1-2H3,(H,25,27). The van der Waals surface area contributed by atoms with Crippen LogP contribution in [-0.2, 0) is 6.61 Å². The molecule has 1 saturated heterocycles. The number of para-hydroxylation sites is 1. The zero-order chi connectivity index (χ0) is 19.8. The van der Waals surface area contributed by atoms with E-state index in [0.717, 1.165) is 36.1 Å². The molecule has 0 radical (unpaired) electrons. The first kappa shape index (κ1) is 20.4. The predicted molar refractivity (Wildman–Crippen MR) is 114 cm³/mol. The SMILES string of the molecule is CC1CC(C)CN(CCCNC(=O)c2ccccc2COc2ccccc2)C1. The van der Waals surface area contributed by atoms with E-state index in [1.54, 1.807) is 0 Å². The lowest BCUT2D eigenvalue weighted by Crippen LogP contribution is -2.40. The van der Waals surface area contributed by atoms with E-state index < -0.39 is 0 Å². The number of likely N-dealkylation sites (tertiary alicyclic amines) is 1. The molecule has 1 N–H and O–H groups in total. The number of carbonyl (C=O) groups excluding carboxylic acids is 1. The number of nitrogens with one attached hydrogen (secondary N) is 1. The molecule has 0 aromatic heterocycles. The molecule has 1 aliphatic rings. The van der Waals surface area contributed by atoms with Gasteiger partial charge in [-0.15, -0.1) is 0 Å². The number of rotatable bonds is 8. The summed E-state index contributed by atoms with van der Waals surface area (Å²) in [6.45, 7) is 9.16. The number of ether oxygens (including phenoxy) is 1. The number of benzene rings is 2. The fraction of sp³-hybridized carbons (Fsp3) is 0.458. The third-order valence-electron chi connectivity index (χ3n) is 5.28. The predicted octanol–water partition coefficient (Wildman–Crippen LogP) is 4.36. The molecule has 150 valence electrons. The molecule has 4 nitrogen and oxygen atoms in total. The molecule has 1 heterocycles. The molecule has 0 bridgehead atoms. The quantitative estimate of drug-likeness (QED) is 0.692. The van der Waals surface area contributed by atoms with Crippen LogP contribution in [-0.4, -0.2) is 37.0 Å². The van der Waals surface area contributed by atoms with E-state index in [0.29, 0.717) is 18.7 Å². The summed E-state index contributed by atoms with van der Waals surface area (Å²) >= 11 is 0. The summed E-state index contributed by atoms with van der Waals surface area (Å²) in [7, 11) is 0. The second-order valence-electron chi connectivity index (χ2n) is 8.07. The average molecular weight is 381 g/mol. The van der Waals surface area contributed by atoms with Crippen molar-refractivity contribution in [2.24, 2.45) is 11.8 Å². The maximum Gasteiger partial charge on any atom is 0.251 e. The molecule has 1 aliphatic heterocycles. The molecule has 0 spiro atoms. The molecule has 2 aromatic carbocycles. The van der Waals surface area contributed by atoms with Crippen molar-refractivity contribution in [2.45, 2.75) is 33.3 Å². The highest BCUT2D eigenvalue weighted by atomic mass is 16.5. The van der Waals surface area contributed by atoms with Gasteiger partial charge in [0.05, 0.1) is 0 Å². The first-order valence-corrected chi connectivity index (χ1v) is 10.4. The van der Waals surface area contributed by atoms with E-state index >= 15 is 0 Å². The third kappa shape index (κ3) is 6.10. The molecule has 0 saturated carbocycles. The van der Waals surface area contributed by atoms with Gasteiger partial charge in [0.2, 0.25) is 0 Å². The number of amides is 1. The fourth-order valence-electron chi connectivity index (χ4n) is 4.12. The lowest BCUT2D eigenvalue weighted by atomic mass is 9.92. The molecule has 1 amide bonds. The van der Waals surface area contributed by atoms with Gasteiger partial charge in [-0.1, -0.05) is 50.2 Å². The van der Waals surface area contributed by atoms with Crippen LogP contribution in [0.2, 0.25) is 0 Å². The van der Waals surface area contributed by atoms with Crippen molar-refractivity contribution in [3.05, 3.63) is 65.7 Å². The van der Waals surface area contributed by atoms with Gasteiger partial charge < -0.3 is 15.0 Å². The summed E-state index contributed by atoms with van der Waals surface area (Å²) in [6.07, 6.45) is 2.31. The number of hydrogen-bond acceptors (Lipinski definition) is 3. The van der Waals surface area contributed by atoms with Gasteiger partial charge in [-0.05, 0) is 49.4 Å². The molecule has 28 heavy (non-hydrogen) atoms. The van der Waals surface area contributed by atoms with E-state index in [1.807, 2.05) is 54.6 Å². The molecule has 1 fully saturated rings. The molecular formula is C24H32N2O2. The highest BCUT2D eigenvalue weighted by molar-refractivity contribution is 5.95. The van der Waals surface area contributed by atoms with Crippen LogP contribution in [0.25, 0.3) is 0 Å². The van der Waals surface area contributed by atoms with E-state index in [9.17, 15) is 4.79 Å². The van der Waals surface area contributed by atoms with Crippen LogP contribution in [0.3, 0.4) is 0 Å². The Hall–Kier alpha value is -2.33. The first-order chi connectivity index (χ1) is 13.6. The highest BCUT2D eigenvalue weighted by Crippen LogP contribution is 2.20. The Labute approximate surface area is 168 Å². The lowest BCUT2D eigenvalue weighted by molar-refractivity contribution is 0.0945. The van der Waals surface area contributed by atoms with Gasteiger partial charge in [0.15, 0.2) is 0 Å². The fourth-order valence-corrected chi connectivity index (χ4v) is 4.12. The van der Waals surface area contributed by atoms with Gasteiger partial charge in [0.25, 0.3) is 5.91 Å². The second kappa shape index (κ2) is 10.3. The van der Waals surface area contributed by atoms with Gasteiger partial charge in [0, 0.05) is 30.8 Å². The molecule has 4 heteroatoms. The van der Waals surface area contributed by atoms with E-state index in [4.69, 9.17) is 4.74 Å². The van der Waals surface area contributed by atoms with Gasteiger partial charge in [-0.25, -0.2) is 0 Å². The largest absolute Gasteiger partial charge is 0.489 e. The minimum absolute atomic E-state index is 0.0207. The highest BCUT2D eigenvalue weighted by Gasteiger charge is 2.21. The van der Waals surface area contributed by atoms with Crippen molar-refractivity contribution in [3.8, 4) is 5.75 Å². The lowest BCUT2D eigenvalue weighted by Gasteiger charge is -2.34. The third-order valence-corrected chi connectivity index (χ3v) is 5.28. The van der Waals surface area contributed by atoms with E-state index in [2.05, 4.69) is 24.1 Å². The van der Waals surface area contributed by atoms with Crippen molar-refractivity contribution in [3.63, 3.8) is 0 Å². The summed E-state index contributed by atoms with van der Waals surface area (Å²) in [4.78, 5) is 15.2. The van der Waals surface area contributed by atoms with Gasteiger partial charge in [0.1, 0.15) is 12.4 Å². The minimum Gasteiger partial charge on any atom is -0.489 e. The van der Waals surface area contributed by atoms with Crippen LogP contribution < -0.4 is 10.1 Å². The van der Waals surface area contributed by atoms with Crippen molar-refractivity contribution >= 4 is 5.91 Å². The summed E-state index contributed by atoms with van der Waals surface area (Å²) in [5.41, 5.74) is 1.60. The minimum atomic E-state index is -0.0207. The Bertz CT molecular complexity index is 737. The monoisotopic (exact) mass is 380 g/mol. The molecule has 2 aromatic rings. The Morgan fingerprint density at radius 3 is 2.46 bits per heavy atom. The van der Waals surface area contributed by atoms with Crippen molar-refractivity contribution in [1.29, 1.82) is 0 Å². The van der Waals surface area contributed by atoms with Crippen LogP contribution >= 0.6 is 0 Å². The van der Waals surface area contributed by atoms with Crippen molar-refractivity contribution in [2.75, 3.05) is 26.2 Å². The summed E-state index contributed by atoms with van der Waals surface area (Å²) in [6, 6.07) is 17.4. The van der Waals surface area contributed by atoms with Crippen LogP contribution in [0, 0.1) is 11.8 Å². The number of piperidine rings is 1. The average Bonchev–Trinajstić information content (AvgIpc) is 2.70. The smallest absolute Gasteiger partial charge is 0.251 e.